The molecule has 0 aromatic rings. The lowest BCUT2D eigenvalue weighted by Gasteiger charge is -2.29. The van der Waals surface area contributed by atoms with Gasteiger partial charge in [0.15, 0.2) is 0 Å². The molecule has 1 amide bonds. The van der Waals surface area contributed by atoms with Gasteiger partial charge in [-0.3, -0.25) is 0 Å². The third-order valence-corrected chi connectivity index (χ3v) is 4.86. The molecule has 1 fully saturated rings. The molecule has 0 aliphatic heterocycles. The van der Waals surface area contributed by atoms with Gasteiger partial charge >= 0.3 is 6.09 Å². The van der Waals surface area contributed by atoms with Gasteiger partial charge in [0.1, 0.15) is 0 Å². The number of carboxylic acid groups (broad SMARTS) is 1. The van der Waals surface area contributed by atoms with Crippen molar-refractivity contribution in [3.05, 3.63) is 0 Å². The summed E-state index contributed by atoms with van der Waals surface area (Å²) in [5.74, 6) is 1.50. The van der Waals surface area contributed by atoms with Gasteiger partial charge in [-0.05, 0) is 57.0 Å². The van der Waals surface area contributed by atoms with Crippen molar-refractivity contribution >= 4 is 6.09 Å². The van der Waals surface area contributed by atoms with Gasteiger partial charge in [0.2, 0.25) is 0 Å². The van der Waals surface area contributed by atoms with Crippen molar-refractivity contribution in [1.29, 1.82) is 0 Å². The summed E-state index contributed by atoms with van der Waals surface area (Å²) >= 11 is 0. The number of hydrogen-bond donors (Lipinski definition) is 3. The van der Waals surface area contributed by atoms with Gasteiger partial charge in [-0.2, -0.15) is 0 Å². The average Bonchev–Trinajstić information content (AvgIpc) is 2.52. The Bertz CT molecular complexity index is 292. The molecule has 0 aromatic heterocycles. The first-order valence-electron chi connectivity index (χ1n) is 8.89. The van der Waals surface area contributed by atoms with Gasteiger partial charge in [-0.1, -0.05) is 25.7 Å². The molecule has 0 radical (unpaired) electrons. The maximum absolute atomic E-state index is 10.8. The largest absolute Gasteiger partial charge is 0.465 e. The summed E-state index contributed by atoms with van der Waals surface area (Å²) < 4.78 is 0. The highest BCUT2D eigenvalue weighted by atomic mass is 16.4. The monoisotopic (exact) mass is 314 g/mol. The lowest BCUT2D eigenvalue weighted by atomic mass is 9.80. The molecule has 5 nitrogen and oxygen atoms in total. The summed E-state index contributed by atoms with van der Waals surface area (Å²) in [5.41, 5.74) is 0. The van der Waals surface area contributed by atoms with Crippen LogP contribution in [0.5, 0.6) is 0 Å². The molecular weight excluding hydrogens is 280 g/mol. The first-order valence-corrected chi connectivity index (χ1v) is 8.89. The van der Waals surface area contributed by atoms with Crippen LogP contribution in [0.4, 0.5) is 4.79 Å². The van der Waals surface area contributed by atoms with Gasteiger partial charge in [0.25, 0.3) is 0 Å². The van der Waals surface area contributed by atoms with E-state index in [0.717, 1.165) is 38.3 Å². The summed E-state index contributed by atoms with van der Waals surface area (Å²) in [7, 11) is 1.65. The van der Waals surface area contributed by atoms with Crippen LogP contribution in [0.15, 0.2) is 0 Å². The summed E-state index contributed by atoms with van der Waals surface area (Å²) in [6.45, 7) is 3.20. The summed E-state index contributed by atoms with van der Waals surface area (Å²) in [4.78, 5) is 12.2. The second-order valence-corrected chi connectivity index (χ2v) is 6.72. The molecule has 130 valence electrons. The molecular formula is C17H34N2O3. The first-order chi connectivity index (χ1) is 10.6. The Morgan fingerprint density at radius 1 is 1.09 bits per heavy atom. The maximum Gasteiger partial charge on any atom is 0.407 e. The Hall–Kier alpha value is -0.810. The minimum absolute atomic E-state index is 0.318. The Morgan fingerprint density at radius 2 is 1.73 bits per heavy atom. The molecule has 5 heteroatoms. The maximum atomic E-state index is 10.8. The summed E-state index contributed by atoms with van der Waals surface area (Å²) in [6, 6.07) is 0. The second kappa shape index (κ2) is 11.7. The molecule has 0 bridgehead atoms. The zero-order chi connectivity index (χ0) is 16.2. The molecule has 0 aromatic carbocycles. The van der Waals surface area contributed by atoms with Crippen molar-refractivity contribution in [3.8, 4) is 0 Å². The molecule has 0 heterocycles. The molecule has 1 aliphatic rings. The highest BCUT2D eigenvalue weighted by Gasteiger charge is 2.21. The van der Waals surface area contributed by atoms with Crippen LogP contribution >= 0.6 is 0 Å². The fraction of sp³-hybridized carbons (Fsp3) is 0.941. The van der Waals surface area contributed by atoms with Crippen molar-refractivity contribution in [2.24, 2.45) is 11.8 Å². The molecule has 1 rings (SSSR count). The van der Waals surface area contributed by atoms with E-state index in [2.05, 4.69) is 5.32 Å². The lowest BCUT2D eigenvalue weighted by Crippen LogP contribution is -2.30. The zero-order valence-electron chi connectivity index (χ0n) is 14.1. The number of nitrogens with zero attached hydrogens (tertiary/aromatic N) is 1. The highest BCUT2D eigenvalue weighted by molar-refractivity contribution is 5.64. The standard InChI is InChI=1S/C17H34N2O3/c1-19(17(21)22)12-10-15-6-8-16(9-7-15)14-18-11-4-2-3-5-13-20/h15-16,18,20H,2-14H2,1H3,(H,21,22). The van der Waals surface area contributed by atoms with Crippen molar-refractivity contribution in [1.82, 2.24) is 10.2 Å². The second-order valence-electron chi connectivity index (χ2n) is 6.72. The number of hydrogen-bond acceptors (Lipinski definition) is 3. The van der Waals surface area contributed by atoms with Gasteiger partial charge < -0.3 is 20.4 Å². The molecule has 0 atom stereocenters. The summed E-state index contributed by atoms with van der Waals surface area (Å²) in [6.07, 6.45) is 9.71. The molecule has 1 aliphatic carbocycles. The van der Waals surface area contributed by atoms with E-state index in [9.17, 15) is 4.79 Å². The number of aliphatic hydroxyl groups is 1. The molecule has 0 spiro atoms. The minimum atomic E-state index is -0.822. The minimum Gasteiger partial charge on any atom is -0.465 e. The number of aliphatic hydroxyl groups excluding tert-OH is 1. The Kier molecular flexibility index (Phi) is 10.2. The van der Waals surface area contributed by atoms with Crippen LogP contribution in [-0.2, 0) is 0 Å². The van der Waals surface area contributed by atoms with Crippen LogP contribution < -0.4 is 5.32 Å². The molecule has 3 N–H and O–H groups in total. The average molecular weight is 314 g/mol. The Labute approximate surface area is 135 Å². The van der Waals surface area contributed by atoms with E-state index in [4.69, 9.17) is 10.2 Å². The van der Waals surface area contributed by atoms with E-state index in [0.29, 0.717) is 19.1 Å². The molecule has 1 saturated carbocycles. The SMILES string of the molecule is CN(CCC1CCC(CNCCCCCCO)CC1)C(=O)O. The molecule has 0 unspecified atom stereocenters. The van der Waals surface area contributed by atoms with Crippen molar-refractivity contribution in [2.75, 3.05) is 33.3 Å². The number of nitrogens with one attached hydrogen (secondary N) is 1. The number of rotatable bonds is 11. The van der Waals surface area contributed by atoms with Crippen LogP contribution in [0.2, 0.25) is 0 Å². The normalized spacial score (nSPS) is 21.7. The van der Waals surface area contributed by atoms with E-state index in [1.807, 2.05) is 0 Å². The smallest absolute Gasteiger partial charge is 0.407 e. The van der Waals surface area contributed by atoms with E-state index in [1.54, 1.807) is 7.05 Å². The fourth-order valence-electron chi connectivity index (χ4n) is 3.22. The number of carbonyl (C=O) groups is 1. The predicted octanol–water partition coefficient (Wildman–Crippen LogP) is 2.94. The van der Waals surface area contributed by atoms with Crippen LogP contribution in [0.3, 0.4) is 0 Å². The third-order valence-electron chi connectivity index (χ3n) is 4.86. The van der Waals surface area contributed by atoms with Crippen LogP contribution in [0, 0.1) is 11.8 Å². The van der Waals surface area contributed by atoms with E-state index in [1.165, 1.54) is 43.4 Å². The van der Waals surface area contributed by atoms with Crippen molar-refractivity contribution in [3.63, 3.8) is 0 Å². The Balaban J connectivity index is 1.97. The molecule has 0 saturated heterocycles. The van der Waals surface area contributed by atoms with Gasteiger partial charge in [-0.25, -0.2) is 4.79 Å². The quantitative estimate of drug-likeness (QED) is 0.513. The van der Waals surface area contributed by atoms with E-state index >= 15 is 0 Å². The van der Waals surface area contributed by atoms with Crippen LogP contribution in [-0.4, -0.2) is 54.5 Å². The highest BCUT2D eigenvalue weighted by Crippen LogP contribution is 2.30. The van der Waals surface area contributed by atoms with Crippen molar-refractivity contribution in [2.45, 2.75) is 57.8 Å². The summed E-state index contributed by atoms with van der Waals surface area (Å²) in [5, 5.41) is 21.1. The zero-order valence-corrected chi connectivity index (χ0v) is 14.1. The van der Waals surface area contributed by atoms with E-state index < -0.39 is 6.09 Å². The molecule has 22 heavy (non-hydrogen) atoms. The number of unbranched alkanes of at least 4 members (excludes halogenated alkanes) is 3. The van der Waals surface area contributed by atoms with E-state index in [-0.39, 0.29) is 0 Å². The predicted molar refractivity (Wildman–Crippen MR) is 89.1 cm³/mol. The van der Waals surface area contributed by atoms with Gasteiger partial charge in [-0.15, -0.1) is 0 Å². The lowest BCUT2D eigenvalue weighted by molar-refractivity contribution is 0.149. The van der Waals surface area contributed by atoms with Crippen LogP contribution in [0.25, 0.3) is 0 Å². The van der Waals surface area contributed by atoms with Gasteiger partial charge in [0, 0.05) is 20.2 Å². The van der Waals surface area contributed by atoms with Crippen molar-refractivity contribution < 1.29 is 15.0 Å². The van der Waals surface area contributed by atoms with Crippen LogP contribution in [0.1, 0.15) is 57.8 Å². The third kappa shape index (κ3) is 8.59. The number of amides is 1. The Morgan fingerprint density at radius 3 is 2.36 bits per heavy atom. The topological polar surface area (TPSA) is 72.8 Å². The first kappa shape index (κ1) is 19.2. The fourth-order valence-corrected chi connectivity index (χ4v) is 3.22. The van der Waals surface area contributed by atoms with Gasteiger partial charge in [0.05, 0.1) is 0 Å².